The van der Waals surface area contributed by atoms with Gasteiger partial charge in [-0.15, -0.1) is 0 Å². The molecule has 1 aromatic heterocycles. The molecule has 1 heterocycles. The third-order valence-corrected chi connectivity index (χ3v) is 2.46. The number of aryl methyl sites for hydroxylation is 2. The Hall–Kier alpha value is -0.740. The van der Waals surface area contributed by atoms with Crippen molar-refractivity contribution in [3.8, 4) is 0 Å². The third-order valence-electron chi connectivity index (χ3n) is 1.87. The number of halogens is 1. The Bertz CT molecular complexity index is 382. The van der Waals surface area contributed by atoms with E-state index in [-0.39, 0.29) is 0 Å². The zero-order valence-corrected chi connectivity index (χ0v) is 10.6. The van der Waals surface area contributed by atoms with Crippen molar-refractivity contribution in [2.75, 3.05) is 6.61 Å². The standard InChI is InChI=1S/C10H13ClN2OS/c1-4-7-8(10(15)14-5-2)9(11)13-6(3)12-7/h4-5H2,1-3H3. The molecule has 3 nitrogen and oxygen atoms in total. The lowest BCUT2D eigenvalue weighted by molar-refractivity contribution is 0.337. The lowest BCUT2D eigenvalue weighted by atomic mass is 10.2. The van der Waals surface area contributed by atoms with Crippen molar-refractivity contribution in [2.45, 2.75) is 27.2 Å². The minimum atomic E-state index is 0.373. The summed E-state index contributed by atoms with van der Waals surface area (Å²) in [4.78, 5) is 8.37. The van der Waals surface area contributed by atoms with Gasteiger partial charge in [0.05, 0.1) is 17.9 Å². The number of hydrogen-bond donors (Lipinski definition) is 0. The largest absolute Gasteiger partial charge is 0.483 e. The number of nitrogens with zero attached hydrogens (tertiary/aromatic N) is 2. The van der Waals surface area contributed by atoms with Gasteiger partial charge in [0.2, 0.25) is 0 Å². The maximum atomic E-state index is 6.03. The highest BCUT2D eigenvalue weighted by Crippen LogP contribution is 2.19. The fourth-order valence-electron chi connectivity index (χ4n) is 1.25. The molecule has 0 unspecified atom stereocenters. The molecule has 0 saturated carbocycles. The monoisotopic (exact) mass is 244 g/mol. The molecule has 1 aromatic rings. The summed E-state index contributed by atoms with van der Waals surface area (Å²) >= 11 is 11.1. The smallest absolute Gasteiger partial charge is 0.196 e. The predicted octanol–water partition coefficient (Wildman–Crippen LogP) is 2.71. The van der Waals surface area contributed by atoms with Gasteiger partial charge in [0.15, 0.2) is 5.05 Å². The van der Waals surface area contributed by atoms with Crippen molar-refractivity contribution < 1.29 is 4.74 Å². The first-order valence-electron chi connectivity index (χ1n) is 4.80. The van der Waals surface area contributed by atoms with E-state index in [0.717, 1.165) is 12.1 Å². The van der Waals surface area contributed by atoms with Gasteiger partial charge in [0.1, 0.15) is 11.0 Å². The average molecular weight is 245 g/mol. The summed E-state index contributed by atoms with van der Waals surface area (Å²) in [6.45, 7) is 6.20. The van der Waals surface area contributed by atoms with Crippen LogP contribution in [0.2, 0.25) is 5.15 Å². The molecule has 0 N–H and O–H groups in total. The van der Waals surface area contributed by atoms with Crippen LogP contribution in [-0.4, -0.2) is 21.6 Å². The summed E-state index contributed by atoms with van der Waals surface area (Å²) in [5, 5.41) is 0.747. The van der Waals surface area contributed by atoms with Gasteiger partial charge < -0.3 is 4.74 Å². The molecule has 0 bridgehead atoms. The normalized spacial score (nSPS) is 10.1. The zero-order chi connectivity index (χ0) is 11.4. The first-order chi connectivity index (χ1) is 7.10. The molecular formula is C10H13ClN2OS. The van der Waals surface area contributed by atoms with E-state index in [4.69, 9.17) is 28.6 Å². The first-order valence-corrected chi connectivity index (χ1v) is 5.58. The van der Waals surface area contributed by atoms with E-state index in [1.165, 1.54) is 0 Å². The summed E-state index contributed by atoms with van der Waals surface area (Å²) in [5.41, 5.74) is 1.49. The third kappa shape index (κ3) is 2.86. The van der Waals surface area contributed by atoms with Gasteiger partial charge in [-0.05, 0) is 32.5 Å². The van der Waals surface area contributed by atoms with Crippen LogP contribution in [0.25, 0.3) is 0 Å². The van der Waals surface area contributed by atoms with E-state index < -0.39 is 0 Å². The molecule has 0 atom stereocenters. The van der Waals surface area contributed by atoms with E-state index >= 15 is 0 Å². The second-order valence-electron chi connectivity index (χ2n) is 2.96. The van der Waals surface area contributed by atoms with Crippen LogP contribution < -0.4 is 0 Å². The lowest BCUT2D eigenvalue weighted by Crippen LogP contribution is -2.11. The fraction of sp³-hybridized carbons (Fsp3) is 0.500. The topological polar surface area (TPSA) is 35.0 Å². The van der Waals surface area contributed by atoms with Crippen LogP contribution in [0.5, 0.6) is 0 Å². The van der Waals surface area contributed by atoms with E-state index in [1.54, 1.807) is 6.92 Å². The average Bonchev–Trinajstić information content (AvgIpc) is 2.16. The van der Waals surface area contributed by atoms with Gasteiger partial charge in [-0.2, -0.15) is 0 Å². The summed E-state index contributed by atoms with van der Waals surface area (Å²) in [6.07, 6.45) is 0.756. The molecule has 0 saturated heterocycles. The van der Waals surface area contributed by atoms with Crippen molar-refractivity contribution in [1.82, 2.24) is 9.97 Å². The molecule has 0 aliphatic carbocycles. The quantitative estimate of drug-likeness (QED) is 0.605. The van der Waals surface area contributed by atoms with Crippen LogP contribution >= 0.6 is 23.8 Å². The number of hydrogen-bond acceptors (Lipinski definition) is 4. The van der Waals surface area contributed by atoms with Crippen LogP contribution in [0.3, 0.4) is 0 Å². The van der Waals surface area contributed by atoms with E-state index in [9.17, 15) is 0 Å². The Kier molecular flexibility index (Phi) is 4.42. The Balaban J connectivity index is 3.20. The number of aromatic nitrogens is 2. The molecule has 0 fully saturated rings. The molecule has 1 rings (SSSR count). The minimum Gasteiger partial charge on any atom is -0.483 e. The van der Waals surface area contributed by atoms with Crippen LogP contribution in [0.1, 0.15) is 30.9 Å². The molecule has 5 heteroatoms. The van der Waals surface area contributed by atoms with Gasteiger partial charge in [0, 0.05) is 0 Å². The van der Waals surface area contributed by atoms with E-state index in [0.29, 0.717) is 28.2 Å². The SMILES string of the molecule is CCOC(=S)c1c(Cl)nc(C)nc1CC. The molecular weight excluding hydrogens is 232 g/mol. The van der Waals surface area contributed by atoms with Gasteiger partial charge in [0.25, 0.3) is 0 Å². The Morgan fingerprint density at radius 1 is 1.40 bits per heavy atom. The van der Waals surface area contributed by atoms with E-state index in [1.807, 2.05) is 13.8 Å². The number of rotatable bonds is 3. The van der Waals surface area contributed by atoms with Gasteiger partial charge in [-0.1, -0.05) is 18.5 Å². The van der Waals surface area contributed by atoms with Crippen LogP contribution in [0, 0.1) is 6.92 Å². The van der Waals surface area contributed by atoms with Gasteiger partial charge >= 0.3 is 0 Å². The van der Waals surface area contributed by atoms with Crippen LogP contribution in [-0.2, 0) is 11.2 Å². The first kappa shape index (κ1) is 12.3. The molecule has 15 heavy (non-hydrogen) atoms. The Labute approximate surface area is 99.8 Å². The Morgan fingerprint density at radius 3 is 2.60 bits per heavy atom. The minimum absolute atomic E-state index is 0.373. The highest BCUT2D eigenvalue weighted by molar-refractivity contribution is 7.80. The van der Waals surface area contributed by atoms with Crippen molar-refractivity contribution in [3.63, 3.8) is 0 Å². The predicted molar refractivity (Wildman–Crippen MR) is 64.5 cm³/mol. The Morgan fingerprint density at radius 2 is 2.07 bits per heavy atom. The van der Waals surface area contributed by atoms with Gasteiger partial charge in [-0.3, -0.25) is 0 Å². The van der Waals surface area contributed by atoms with Gasteiger partial charge in [-0.25, -0.2) is 9.97 Å². The molecule has 0 radical (unpaired) electrons. The van der Waals surface area contributed by atoms with E-state index in [2.05, 4.69) is 9.97 Å². The van der Waals surface area contributed by atoms with Crippen LogP contribution in [0.4, 0.5) is 0 Å². The summed E-state index contributed by atoms with van der Waals surface area (Å²) in [6, 6.07) is 0. The van der Waals surface area contributed by atoms with Crippen molar-refractivity contribution in [2.24, 2.45) is 0 Å². The zero-order valence-electron chi connectivity index (χ0n) is 9.00. The highest BCUT2D eigenvalue weighted by Gasteiger charge is 2.15. The molecule has 0 aliphatic heterocycles. The van der Waals surface area contributed by atoms with Crippen molar-refractivity contribution in [3.05, 3.63) is 22.2 Å². The maximum Gasteiger partial charge on any atom is 0.196 e. The second kappa shape index (κ2) is 5.37. The maximum absolute atomic E-state index is 6.03. The molecule has 0 amide bonds. The fourth-order valence-corrected chi connectivity index (χ4v) is 1.96. The second-order valence-corrected chi connectivity index (χ2v) is 3.69. The van der Waals surface area contributed by atoms with Crippen LogP contribution in [0.15, 0.2) is 0 Å². The van der Waals surface area contributed by atoms with Crippen molar-refractivity contribution in [1.29, 1.82) is 0 Å². The molecule has 0 spiro atoms. The summed E-state index contributed by atoms with van der Waals surface area (Å²) < 4.78 is 5.26. The summed E-state index contributed by atoms with van der Waals surface area (Å²) in [7, 11) is 0. The highest BCUT2D eigenvalue weighted by atomic mass is 35.5. The molecule has 0 aromatic carbocycles. The molecule has 82 valence electrons. The number of ether oxygens (including phenoxy) is 1. The lowest BCUT2D eigenvalue weighted by Gasteiger charge is -2.10. The number of thiocarbonyl (C=S) groups is 1. The molecule has 0 aliphatic rings. The summed E-state index contributed by atoms with van der Waals surface area (Å²) in [5.74, 6) is 0.653. The van der Waals surface area contributed by atoms with Crippen molar-refractivity contribution >= 4 is 28.9 Å².